The monoisotopic (exact) mass is 251 g/mol. The minimum atomic E-state index is 0.00998. The molecular formula is C11H17N5S. The lowest BCUT2D eigenvalue weighted by molar-refractivity contribution is 0.269. The van der Waals surface area contributed by atoms with E-state index in [9.17, 15) is 0 Å². The molecule has 2 N–H and O–H groups in total. The average Bonchev–Trinajstić information content (AvgIpc) is 2.86. The van der Waals surface area contributed by atoms with Crippen LogP contribution >= 0.6 is 11.3 Å². The third-order valence-electron chi connectivity index (χ3n) is 3.91. The zero-order valence-corrected chi connectivity index (χ0v) is 11.0. The lowest BCUT2D eigenvalue weighted by atomic mass is 9.72. The van der Waals surface area contributed by atoms with Gasteiger partial charge in [0.25, 0.3) is 0 Å². The van der Waals surface area contributed by atoms with Gasteiger partial charge in [0.1, 0.15) is 5.01 Å². The van der Waals surface area contributed by atoms with Crippen molar-refractivity contribution in [2.75, 3.05) is 0 Å². The Morgan fingerprint density at radius 3 is 2.94 bits per heavy atom. The summed E-state index contributed by atoms with van der Waals surface area (Å²) in [5.41, 5.74) is 6.31. The second kappa shape index (κ2) is 3.74. The number of nitrogens with zero attached hydrogens (tertiary/aromatic N) is 4. The maximum Gasteiger partial charge on any atom is 0.234 e. The van der Waals surface area contributed by atoms with Gasteiger partial charge in [-0.1, -0.05) is 31.1 Å². The lowest BCUT2D eigenvalue weighted by Gasteiger charge is -2.37. The Morgan fingerprint density at radius 2 is 2.24 bits per heavy atom. The molecule has 1 aliphatic rings. The van der Waals surface area contributed by atoms with E-state index < -0.39 is 0 Å². The molecule has 2 unspecified atom stereocenters. The number of nitrogens with two attached hydrogens (primary N) is 1. The van der Waals surface area contributed by atoms with Crippen molar-refractivity contribution in [1.29, 1.82) is 0 Å². The molecule has 0 radical (unpaired) electrons. The fraction of sp³-hybridized carbons (Fsp3) is 0.727. The molecule has 6 heteroatoms. The highest BCUT2D eigenvalue weighted by Gasteiger charge is 2.39. The predicted octanol–water partition coefficient (Wildman–Crippen LogP) is 1.65. The summed E-state index contributed by atoms with van der Waals surface area (Å²) in [7, 11) is 0. The molecule has 92 valence electrons. The standard InChI is InChI=1S/C11H17N5S/c1-7-13-14-10-16(7)15-9(17-10)11(2)6-4-3-5-8(11)12/h8H,3-6,12H2,1-2H3. The second-order valence-corrected chi connectivity index (χ2v) is 6.07. The van der Waals surface area contributed by atoms with Crippen molar-refractivity contribution in [2.45, 2.75) is 51.0 Å². The van der Waals surface area contributed by atoms with Crippen LogP contribution in [0.3, 0.4) is 0 Å². The summed E-state index contributed by atoms with van der Waals surface area (Å²) in [5.74, 6) is 0.843. The van der Waals surface area contributed by atoms with Crippen LogP contribution in [0.1, 0.15) is 43.4 Å². The molecule has 2 heterocycles. The van der Waals surface area contributed by atoms with Crippen molar-refractivity contribution in [3.8, 4) is 0 Å². The molecule has 1 fully saturated rings. The fourth-order valence-corrected chi connectivity index (χ4v) is 3.69. The number of hydrogen-bond acceptors (Lipinski definition) is 5. The Balaban J connectivity index is 2.07. The van der Waals surface area contributed by atoms with Gasteiger partial charge in [0.15, 0.2) is 5.82 Å². The normalized spacial score (nSPS) is 29.9. The van der Waals surface area contributed by atoms with Gasteiger partial charge in [-0.15, -0.1) is 10.2 Å². The van der Waals surface area contributed by atoms with E-state index in [2.05, 4.69) is 22.2 Å². The Kier molecular flexibility index (Phi) is 2.45. The largest absolute Gasteiger partial charge is 0.327 e. The highest BCUT2D eigenvalue weighted by atomic mass is 32.1. The van der Waals surface area contributed by atoms with E-state index >= 15 is 0 Å². The molecule has 5 nitrogen and oxygen atoms in total. The van der Waals surface area contributed by atoms with Gasteiger partial charge in [-0.05, 0) is 19.8 Å². The number of hydrogen-bond donors (Lipinski definition) is 1. The first-order valence-corrected chi connectivity index (χ1v) is 6.88. The molecule has 1 aliphatic carbocycles. The Morgan fingerprint density at radius 1 is 1.41 bits per heavy atom. The van der Waals surface area contributed by atoms with Gasteiger partial charge in [0.05, 0.1) is 0 Å². The maximum absolute atomic E-state index is 6.30. The molecule has 17 heavy (non-hydrogen) atoms. The first kappa shape index (κ1) is 11.1. The van der Waals surface area contributed by atoms with Crippen molar-refractivity contribution >= 4 is 16.3 Å². The summed E-state index contributed by atoms with van der Waals surface area (Å²) in [4.78, 5) is 0.872. The summed E-state index contributed by atoms with van der Waals surface area (Å²) in [5, 5.41) is 13.9. The number of aromatic nitrogens is 4. The Bertz CT molecular complexity index is 545. The summed E-state index contributed by atoms with van der Waals surface area (Å²) in [6.45, 7) is 4.16. The van der Waals surface area contributed by atoms with E-state index in [4.69, 9.17) is 5.73 Å². The number of rotatable bonds is 1. The van der Waals surface area contributed by atoms with Gasteiger partial charge in [-0.3, -0.25) is 0 Å². The van der Waals surface area contributed by atoms with Crippen LogP contribution in [0.2, 0.25) is 0 Å². The first-order chi connectivity index (χ1) is 8.11. The zero-order valence-electron chi connectivity index (χ0n) is 10.2. The summed E-state index contributed by atoms with van der Waals surface area (Å²) >= 11 is 1.63. The Hall–Kier alpha value is -1.01. The van der Waals surface area contributed by atoms with Crippen molar-refractivity contribution in [1.82, 2.24) is 19.8 Å². The van der Waals surface area contributed by atoms with E-state index in [1.807, 2.05) is 11.4 Å². The van der Waals surface area contributed by atoms with Crippen molar-refractivity contribution < 1.29 is 0 Å². The average molecular weight is 251 g/mol. The first-order valence-electron chi connectivity index (χ1n) is 6.06. The van der Waals surface area contributed by atoms with Crippen LogP contribution in [0.15, 0.2) is 0 Å². The van der Waals surface area contributed by atoms with E-state index in [-0.39, 0.29) is 11.5 Å². The lowest BCUT2D eigenvalue weighted by Crippen LogP contribution is -2.45. The molecule has 0 aromatic carbocycles. The molecule has 0 bridgehead atoms. The third kappa shape index (κ3) is 1.58. The molecule has 0 spiro atoms. The van der Waals surface area contributed by atoms with E-state index in [0.717, 1.165) is 28.6 Å². The smallest absolute Gasteiger partial charge is 0.234 e. The van der Waals surface area contributed by atoms with Crippen LogP contribution in [0.25, 0.3) is 4.96 Å². The SMILES string of the molecule is Cc1nnc2sc(C3(C)CCCCC3N)nn12. The zero-order chi connectivity index (χ0) is 12.0. The van der Waals surface area contributed by atoms with Gasteiger partial charge in [-0.2, -0.15) is 9.61 Å². The molecule has 0 amide bonds. The van der Waals surface area contributed by atoms with Crippen LogP contribution < -0.4 is 5.73 Å². The molecule has 2 aromatic heterocycles. The minimum absolute atomic E-state index is 0.00998. The van der Waals surface area contributed by atoms with Gasteiger partial charge >= 0.3 is 0 Å². The summed E-state index contributed by atoms with van der Waals surface area (Å²) in [6, 6.07) is 0.209. The molecule has 2 atom stereocenters. The quantitative estimate of drug-likeness (QED) is 0.836. The van der Waals surface area contributed by atoms with E-state index in [0.29, 0.717) is 0 Å². The van der Waals surface area contributed by atoms with Crippen molar-refractivity contribution in [3.05, 3.63) is 10.8 Å². The molecule has 1 saturated carbocycles. The topological polar surface area (TPSA) is 69.1 Å². The van der Waals surface area contributed by atoms with Gasteiger partial charge < -0.3 is 5.73 Å². The van der Waals surface area contributed by atoms with Crippen LogP contribution in [0.5, 0.6) is 0 Å². The minimum Gasteiger partial charge on any atom is -0.327 e. The van der Waals surface area contributed by atoms with Crippen molar-refractivity contribution in [3.63, 3.8) is 0 Å². The maximum atomic E-state index is 6.30. The van der Waals surface area contributed by atoms with Crippen LogP contribution in [0.4, 0.5) is 0 Å². The molecule has 3 rings (SSSR count). The number of aryl methyl sites for hydroxylation is 1. The highest BCUT2D eigenvalue weighted by molar-refractivity contribution is 7.16. The van der Waals surface area contributed by atoms with Crippen LogP contribution in [-0.2, 0) is 5.41 Å². The Labute approximate surface area is 104 Å². The molecule has 2 aromatic rings. The van der Waals surface area contributed by atoms with E-state index in [1.165, 1.54) is 12.8 Å². The van der Waals surface area contributed by atoms with Crippen LogP contribution in [-0.4, -0.2) is 25.9 Å². The van der Waals surface area contributed by atoms with Gasteiger partial charge in [-0.25, -0.2) is 0 Å². The highest BCUT2D eigenvalue weighted by Crippen LogP contribution is 2.39. The fourth-order valence-electron chi connectivity index (χ4n) is 2.57. The van der Waals surface area contributed by atoms with Crippen molar-refractivity contribution in [2.24, 2.45) is 5.73 Å². The summed E-state index contributed by atoms with van der Waals surface area (Å²) in [6.07, 6.45) is 4.69. The van der Waals surface area contributed by atoms with Crippen LogP contribution in [0, 0.1) is 6.92 Å². The van der Waals surface area contributed by atoms with E-state index in [1.54, 1.807) is 11.3 Å². The predicted molar refractivity (Wildman–Crippen MR) is 67.2 cm³/mol. The van der Waals surface area contributed by atoms with Gasteiger partial charge in [0, 0.05) is 11.5 Å². The third-order valence-corrected chi connectivity index (χ3v) is 5.09. The van der Waals surface area contributed by atoms with Gasteiger partial charge in [0.2, 0.25) is 4.96 Å². The molecular weight excluding hydrogens is 234 g/mol. The second-order valence-electron chi connectivity index (χ2n) is 5.12. The summed E-state index contributed by atoms with van der Waals surface area (Å²) < 4.78 is 1.83. The molecule has 0 saturated heterocycles. The molecule has 0 aliphatic heterocycles. The number of fused-ring (bicyclic) bond motifs is 1.